The number of fused-ring (bicyclic) bond motifs is 1. The van der Waals surface area contributed by atoms with Crippen molar-refractivity contribution in [2.75, 3.05) is 12.0 Å². The van der Waals surface area contributed by atoms with Crippen molar-refractivity contribution in [3.63, 3.8) is 0 Å². The minimum absolute atomic E-state index is 0.0563. The van der Waals surface area contributed by atoms with E-state index in [4.69, 9.17) is 4.74 Å². The number of esters is 1. The third kappa shape index (κ3) is 2.79. The molecule has 8 heteroatoms. The number of amides is 2. The number of phenols is 1. The molecule has 4 atom stereocenters. The molecule has 0 aliphatic carbocycles. The van der Waals surface area contributed by atoms with Gasteiger partial charge in [-0.15, -0.1) is 0 Å². The first-order chi connectivity index (χ1) is 13.8. The van der Waals surface area contributed by atoms with Crippen LogP contribution in [-0.2, 0) is 19.1 Å². The topological polar surface area (TPSA) is 95.9 Å². The van der Waals surface area contributed by atoms with Crippen LogP contribution in [0.15, 0.2) is 48.5 Å². The molecule has 0 unspecified atom stereocenters. The van der Waals surface area contributed by atoms with Crippen LogP contribution in [0, 0.1) is 17.7 Å². The standard InChI is InChI=1S/C21H19FN2O5/c1-21(20(28)29-2)16-15(17(23-21)11-3-9-14(25)10-4-11)18(26)24(19(16)27)13-7-5-12(22)6-8-13/h3-10,15-17,23,25H,1-2H3/t15-,16-,17-,21-/m1/s1. The van der Waals surface area contributed by atoms with Crippen molar-refractivity contribution in [2.45, 2.75) is 18.5 Å². The van der Waals surface area contributed by atoms with Crippen LogP contribution < -0.4 is 10.2 Å². The summed E-state index contributed by atoms with van der Waals surface area (Å²) in [5.41, 5.74) is -0.538. The molecule has 0 bridgehead atoms. The second kappa shape index (κ2) is 6.66. The Morgan fingerprint density at radius 2 is 1.72 bits per heavy atom. The van der Waals surface area contributed by atoms with Crippen molar-refractivity contribution >= 4 is 23.5 Å². The van der Waals surface area contributed by atoms with Gasteiger partial charge in [-0.2, -0.15) is 0 Å². The van der Waals surface area contributed by atoms with Crippen molar-refractivity contribution < 1.29 is 28.6 Å². The Kier molecular flexibility index (Phi) is 4.38. The maximum atomic E-state index is 13.3. The average molecular weight is 398 g/mol. The molecule has 2 amide bonds. The molecule has 2 heterocycles. The summed E-state index contributed by atoms with van der Waals surface area (Å²) in [5, 5.41) is 12.7. The Balaban J connectivity index is 1.81. The Labute approximate surface area is 166 Å². The Bertz CT molecular complexity index is 991. The lowest BCUT2D eigenvalue weighted by molar-refractivity contribution is -0.151. The molecule has 29 heavy (non-hydrogen) atoms. The number of hydrogen-bond acceptors (Lipinski definition) is 6. The normalized spacial score (nSPS) is 28.5. The quantitative estimate of drug-likeness (QED) is 0.606. The van der Waals surface area contributed by atoms with Crippen molar-refractivity contribution in [1.82, 2.24) is 5.32 Å². The van der Waals surface area contributed by atoms with Crippen molar-refractivity contribution in [3.8, 4) is 5.75 Å². The molecule has 2 aromatic rings. The number of ether oxygens (including phenoxy) is 1. The van der Waals surface area contributed by atoms with E-state index >= 15 is 0 Å². The highest BCUT2D eigenvalue weighted by Gasteiger charge is 2.67. The number of halogens is 1. The van der Waals surface area contributed by atoms with E-state index in [1.54, 1.807) is 12.1 Å². The van der Waals surface area contributed by atoms with Crippen molar-refractivity contribution in [1.29, 1.82) is 0 Å². The smallest absolute Gasteiger partial charge is 0.326 e. The number of carbonyl (C=O) groups excluding carboxylic acids is 3. The van der Waals surface area contributed by atoms with Crippen LogP contribution in [0.1, 0.15) is 18.5 Å². The van der Waals surface area contributed by atoms with E-state index in [9.17, 15) is 23.9 Å². The summed E-state index contributed by atoms with van der Waals surface area (Å²) in [4.78, 5) is 40.2. The molecule has 2 N–H and O–H groups in total. The fourth-order valence-electron chi connectivity index (χ4n) is 4.35. The predicted molar refractivity (Wildman–Crippen MR) is 100 cm³/mol. The zero-order valence-corrected chi connectivity index (χ0v) is 15.8. The molecule has 2 fully saturated rings. The number of hydrogen-bond donors (Lipinski definition) is 2. The van der Waals surface area contributed by atoms with Gasteiger partial charge in [-0.3, -0.25) is 19.7 Å². The second-order valence-electron chi connectivity index (χ2n) is 7.40. The Hall–Kier alpha value is -3.26. The first-order valence-electron chi connectivity index (χ1n) is 9.06. The highest BCUT2D eigenvalue weighted by Crippen LogP contribution is 2.50. The third-order valence-electron chi connectivity index (χ3n) is 5.73. The van der Waals surface area contributed by atoms with E-state index in [2.05, 4.69) is 5.32 Å². The number of nitrogens with zero attached hydrogens (tertiary/aromatic N) is 1. The molecule has 0 spiro atoms. The Morgan fingerprint density at radius 1 is 1.10 bits per heavy atom. The molecule has 4 rings (SSSR count). The van der Waals surface area contributed by atoms with Gasteiger partial charge in [-0.05, 0) is 48.9 Å². The van der Waals surface area contributed by atoms with Crippen molar-refractivity contribution in [2.24, 2.45) is 11.8 Å². The molecule has 0 aromatic heterocycles. The number of aromatic hydroxyl groups is 1. The molecule has 2 saturated heterocycles. The van der Waals surface area contributed by atoms with Gasteiger partial charge in [0.25, 0.3) is 0 Å². The monoisotopic (exact) mass is 398 g/mol. The first-order valence-corrected chi connectivity index (χ1v) is 9.06. The van der Waals surface area contributed by atoms with Crippen LogP contribution in [0.25, 0.3) is 0 Å². The summed E-state index contributed by atoms with van der Waals surface area (Å²) >= 11 is 0. The molecule has 0 radical (unpaired) electrons. The zero-order chi connectivity index (χ0) is 20.9. The predicted octanol–water partition coefficient (Wildman–Crippen LogP) is 1.91. The summed E-state index contributed by atoms with van der Waals surface area (Å²) in [7, 11) is 1.22. The number of imide groups is 1. The van der Waals surface area contributed by atoms with E-state index in [1.807, 2.05) is 0 Å². The summed E-state index contributed by atoms with van der Waals surface area (Å²) in [6.07, 6.45) is 0. The summed E-state index contributed by atoms with van der Waals surface area (Å²) in [6.45, 7) is 1.54. The number of methoxy groups -OCH3 is 1. The van der Waals surface area contributed by atoms with Crippen LogP contribution in [0.2, 0.25) is 0 Å². The maximum absolute atomic E-state index is 13.3. The largest absolute Gasteiger partial charge is 0.508 e. The van der Waals surface area contributed by atoms with Crippen LogP contribution in [0.5, 0.6) is 5.75 Å². The van der Waals surface area contributed by atoms with Gasteiger partial charge >= 0.3 is 5.97 Å². The maximum Gasteiger partial charge on any atom is 0.326 e. The fraction of sp³-hybridized carbons (Fsp3) is 0.286. The molecule has 150 valence electrons. The van der Waals surface area contributed by atoms with Gasteiger partial charge in [0.15, 0.2) is 0 Å². The number of rotatable bonds is 3. The summed E-state index contributed by atoms with van der Waals surface area (Å²) < 4.78 is 18.2. The van der Waals surface area contributed by atoms with Gasteiger partial charge in [0.1, 0.15) is 17.1 Å². The number of carbonyl (C=O) groups is 3. The summed E-state index contributed by atoms with van der Waals surface area (Å²) in [6, 6.07) is 10.6. The summed E-state index contributed by atoms with van der Waals surface area (Å²) in [5.74, 6) is -3.97. The van der Waals surface area contributed by atoms with Gasteiger partial charge in [-0.1, -0.05) is 12.1 Å². The minimum atomic E-state index is -1.43. The lowest BCUT2D eigenvalue weighted by atomic mass is 9.80. The lowest BCUT2D eigenvalue weighted by Crippen LogP contribution is -2.54. The van der Waals surface area contributed by atoms with E-state index in [0.29, 0.717) is 5.56 Å². The van der Waals surface area contributed by atoms with E-state index < -0.39 is 47.0 Å². The fourth-order valence-corrected chi connectivity index (χ4v) is 4.35. The van der Waals surface area contributed by atoms with E-state index in [0.717, 1.165) is 4.90 Å². The molecule has 2 aromatic carbocycles. The lowest BCUT2D eigenvalue weighted by Gasteiger charge is -2.28. The average Bonchev–Trinajstić information content (AvgIpc) is 3.17. The van der Waals surface area contributed by atoms with Gasteiger partial charge in [0, 0.05) is 6.04 Å². The zero-order valence-electron chi connectivity index (χ0n) is 15.8. The molecular weight excluding hydrogens is 379 g/mol. The van der Waals surface area contributed by atoms with Crippen LogP contribution >= 0.6 is 0 Å². The SMILES string of the molecule is COC(=O)[C@]1(C)N[C@H](c2ccc(O)cc2)[C@@H]2C(=O)N(c3ccc(F)cc3)C(=O)[C@@H]21. The van der Waals surface area contributed by atoms with Crippen molar-refractivity contribution in [3.05, 3.63) is 59.9 Å². The first kappa shape index (κ1) is 19.1. The van der Waals surface area contributed by atoms with Crippen LogP contribution in [-0.4, -0.2) is 35.5 Å². The van der Waals surface area contributed by atoms with Gasteiger partial charge in [0.05, 0.1) is 24.6 Å². The highest BCUT2D eigenvalue weighted by atomic mass is 19.1. The molecule has 0 saturated carbocycles. The van der Waals surface area contributed by atoms with E-state index in [1.165, 1.54) is 50.4 Å². The van der Waals surface area contributed by atoms with Gasteiger partial charge < -0.3 is 9.84 Å². The van der Waals surface area contributed by atoms with E-state index in [-0.39, 0.29) is 11.4 Å². The molecule has 2 aliphatic rings. The van der Waals surface area contributed by atoms with Gasteiger partial charge in [-0.25, -0.2) is 9.29 Å². The van der Waals surface area contributed by atoms with Crippen LogP contribution in [0.4, 0.5) is 10.1 Å². The minimum Gasteiger partial charge on any atom is -0.508 e. The van der Waals surface area contributed by atoms with Gasteiger partial charge in [0.2, 0.25) is 11.8 Å². The van der Waals surface area contributed by atoms with Crippen LogP contribution in [0.3, 0.4) is 0 Å². The third-order valence-corrected chi connectivity index (χ3v) is 5.73. The molecule has 2 aliphatic heterocycles. The number of benzene rings is 2. The Morgan fingerprint density at radius 3 is 2.31 bits per heavy atom. The second-order valence-corrected chi connectivity index (χ2v) is 7.40. The molecule has 7 nitrogen and oxygen atoms in total. The molecular formula is C21H19FN2O5. The number of nitrogens with one attached hydrogen (secondary N) is 1. The highest BCUT2D eigenvalue weighted by molar-refractivity contribution is 6.24. The number of anilines is 1. The number of phenolic OH excluding ortho intramolecular Hbond substituents is 1.